The first-order valence-corrected chi connectivity index (χ1v) is 19.6. The maximum atomic E-state index is 12.6. The molecule has 0 heterocycles. The van der Waals surface area contributed by atoms with E-state index in [2.05, 4.69) is 92.8 Å². The lowest BCUT2D eigenvalue weighted by atomic mass is 10.1. The topological polar surface area (TPSA) is 99.1 Å². The van der Waals surface area contributed by atoms with Crippen LogP contribution in [0, 0.1) is 0 Å². The smallest absolute Gasteiger partial charge is 0.362 e. The van der Waals surface area contributed by atoms with Gasteiger partial charge < -0.3 is 23.8 Å². The molecule has 1 N–H and O–H groups in total. The second-order valence-electron chi connectivity index (χ2n) is 13.8. The molecular formula is C44H72NO7+. The summed E-state index contributed by atoms with van der Waals surface area (Å²) in [6.45, 7) is 4.43. The molecule has 2 unspecified atom stereocenters. The normalized spacial score (nSPS) is 13.9. The van der Waals surface area contributed by atoms with E-state index in [1.165, 1.54) is 19.3 Å². The number of carbonyl (C=O) groups excluding carboxylic acids is 2. The average Bonchev–Trinajstić information content (AvgIpc) is 3.09. The van der Waals surface area contributed by atoms with Crippen LogP contribution in [0.15, 0.2) is 85.1 Å². The lowest BCUT2D eigenvalue weighted by Crippen LogP contribution is -2.50. The fourth-order valence-corrected chi connectivity index (χ4v) is 5.00. The maximum Gasteiger partial charge on any atom is 0.362 e. The molecule has 0 bridgehead atoms. The van der Waals surface area contributed by atoms with Gasteiger partial charge in [-0.3, -0.25) is 9.59 Å². The molecule has 0 fully saturated rings. The van der Waals surface area contributed by atoms with Crippen LogP contribution in [0.1, 0.15) is 123 Å². The lowest BCUT2D eigenvalue weighted by Gasteiger charge is -2.31. The Morgan fingerprint density at radius 2 is 1.12 bits per heavy atom. The minimum atomic E-state index is -0.894. The number of nitrogens with zero attached hydrogens (tertiary/aromatic N) is 1. The Kier molecular flexibility index (Phi) is 32.3. The number of esters is 2. The number of allylic oxidation sites excluding steroid dienone is 14. The van der Waals surface area contributed by atoms with Gasteiger partial charge >= 0.3 is 17.9 Å². The van der Waals surface area contributed by atoms with E-state index in [0.29, 0.717) is 19.3 Å². The van der Waals surface area contributed by atoms with Gasteiger partial charge in [0, 0.05) is 19.3 Å². The van der Waals surface area contributed by atoms with Crippen molar-refractivity contribution in [2.24, 2.45) is 0 Å². The molecule has 0 rings (SSSR count). The van der Waals surface area contributed by atoms with Crippen LogP contribution >= 0.6 is 0 Å². The summed E-state index contributed by atoms with van der Waals surface area (Å²) in [6.07, 6.45) is 43.7. The molecule has 294 valence electrons. The van der Waals surface area contributed by atoms with Crippen molar-refractivity contribution in [2.75, 3.05) is 41.0 Å². The largest absolute Gasteiger partial charge is 0.477 e. The highest BCUT2D eigenvalue weighted by atomic mass is 16.6. The summed E-state index contributed by atoms with van der Waals surface area (Å²) in [6, 6.07) is -0.632. The molecule has 0 saturated heterocycles. The zero-order valence-electron chi connectivity index (χ0n) is 33.2. The van der Waals surface area contributed by atoms with Crippen LogP contribution in [0.4, 0.5) is 0 Å². The Morgan fingerprint density at radius 3 is 1.65 bits per heavy atom. The number of carboxylic acid groups (broad SMARTS) is 1. The van der Waals surface area contributed by atoms with E-state index in [-0.39, 0.29) is 49.1 Å². The van der Waals surface area contributed by atoms with E-state index in [9.17, 15) is 19.5 Å². The molecular weight excluding hydrogens is 654 g/mol. The number of quaternary nitrogens is 1. The van der Waals surface area contributed by atoms with E-state index in [1.807, 2.05) is 27.2 Å². The summed E-state index contributed by atoms with van der Waals surface area (Å²) in [5.41, 5.74) is 0. The van der Waals surface area contributed by atoms with E-state index in [0.717, 1.165) is 57.8 Å². The van der Waals surface area contributed by atoms with Gasteiger partial charge in [-0.05, 0) is 70.6 Å². The van der Waals surface area contributed by atoms with Gasteiger partial charge in [-0.2, -0.15) is 0 Å². The van der Waals surface area contributed by atoms with Gasteiger partial charge in [-0.15, -0.1) is 0 Å². The number of hydrogen-bond acceptors (Lipinski definition) is 6. The van der Waals surface area contributed by atoms with Crippen molar-refractivity contribution in [3.05, 3.63) is 85.1 Å². The highest BCUT2D eigenvalue weighted by molar-refractivity contribution is 5.72. The Morgan fingerprint density at radius 1 is 0.596 bits per heavy atom. The maximum absolute atomic E-state index is 12.6. The van der Waals surface area contributed by atoms with E-state index < -0.39 is 18.1 Å². The minimum Gasteiger partial charge on any atom is -0.477 e. The third-order valence-electron chi connectivity index (χ3n) is 8.04. The van der Waals surface area contributed by atoms with Gasteiger partial charge in [0.2, 0.25) is 0 Å². The summed E-state index contributed by atoms with van der Waals surface area (Å²) < 4.78 is 17.0. The van der Waals surface area contributed by atoms with Gasteiger partial charge in [0.25, 0.3) is 0 Å². The van der Waals surface area contributed by atoms with Gasteiger partial charge in [-0.1, -0.05) is 118 Å². The predicted molar refractivity (Wildman–Crippen MR) is 215 cm³/mol. The van der Waals surface area contributed by atoms with Crippen LogP contribution in [0.25, 0.3) is 0 Å². The monoisotopic (exact) mass is 727 g/mol. The van der Waals surface area contributed by atoms with E-state index in [4.69, 9.17) is 14.2 Å². The van der Waals surface area contributed by atoms with Crippen LogP contribution in [0.5, 0.6) is 0 Å². The van der Waals surface area contributed by atoms with Crippen molar-refractivity contribution in [1.29, 1.82) is 0 Å². The standard InChI is InChI=1S/C44H71NO7/c1-6-8-10-12-14-16-17-18-19-20-21-22-23-24-25-26-27-29-31-33-35-43(47)52-40(38-50-37-36-41(44(48)49)45(3,4)5)39-51-42(46)34-32-30-28-15-13-11-9-7-2/h8,10,14,16,18-19,21-22,24-25,27-30,40-41H,6-7,9,11-13,15,17,20,23,26,31-39H2,1-5H3/p+1/b10-8+,16-14+,19-18+,22-21+,25-24+,29-27+,30-28+. The molecule has 0 aromatic carbocycles. The summed E-state index contributed by atoms with van der Waals surface area (Å²) >= 11 is 0. The Bertz CT molecular complexity index is 1120. The molecule has 0 aliphatic carbocycles. The Hall–Kier alpha value is -3.49. The second-order valence-corrected chi connectivity index (χ2v) is 13.8. The van der Waals surface area contributed by atoms with Crippen molar-refractivity contribution < 1.29 is 38.2 Å². The highest BCUT2D eigenvalue weighted by Gasteiger charge is 2.31. The predicted octanol–water partition coefficient (Wildman–Crippen LogP) is 10.2. The average molecular weight is 727 g/mol. The van der Waals surface area contributed by atoms with Crippen LogP contribution in [-0.2, 0) is 28.6 Å². The minimum absolute atomic E-state index is 0.0211. The zero-order valence-corrected chi connectivity index (χ0v) is 33.2. The van der Waals surface area contributed by atoms with Crippen LogP contribution in [-0.4, -0.2) is 80.6 Å². The molecule has 0 aliphatic rings. The summed E-state index contributed by atoms with van der Waals surface area (Å²) in [5.74, 6) is -1.63. The number of likely N-dealkylation sites (N-methyl/N-ethyl adjacent to an activating group) is 1. The molecule has 0 amide bonds. The number of carbonyl (C=O) groups is 3. The molecule has 2 atom stereocenters. The zero-order chi connectivity index (χ0) is 38.5. The third kappa shape index (κ3) is 32.4. The summed E-state index contributed by atoms with van der Waals surface area (Å²) in [5, 5.41) is 9.57. The fourth-order valence-electron chi connectivity index (χ4n) is 5.00. The molecule has 8 nitrogen and oxygen atoms in total. The van der Waals surface area contributed by atoms with Gasteiger partial charge in [0.1, 0.15) is 6.61 Å². The number of rotatable bonds is 33. The lowest BCUT2D eigenvalue weighted by molar-refractivity contribution is -0.887. The van der Waals surface area contributed by atoms with Gasteiger partial charge in [0.05, 0.1) is 34.4 Å². The van der Waals surface area contributed by atoms with Crippen molar-refractivity contribution >= 4 is 17.9 Å². The number of carboxylic acids is 1. The quantitative estimate of drug-likeness (QED) is 0.0311. The van der Waals surface area contributed by atoms with E-state index >= 15 is 0 Å². The number of aliphatic carboxylic acids is 1. The third-order valence-corrected chi connectivity index (χ3v) is 8.04. The Labute approximate surface area is 316 Å². The first-order valence-electron chi connectivity index (χ1n) is 19.6. The van der Waals surface area contributed by atoms with Crippen LogP contribution in [0.2, 0.25) is 0 Å². The van der Waals surface area contributed by atoms with Crippen molar-refractivity contribution in [2.45, 2.75) is 135 Å². The van der Waals surface area contributed by atoms with Crippen LogP contribution in [0.3, 0.4) is 0 Å². The van der Waals surface area contributed by atoms with Crippen LogP contribution < -0.4 is 0 Å². The molecule has 52 heavy (non-hydrogen) atoms. The molecule has 0 radical (unpaired) electrons. The molecule has 0 spiro atoms. The van der Waals surface area contributed by atoms with Gasteiger partial charge in [0.15, 0.2) is 12.1 Å². The van der Waals surface area contributed by atoms with E-state index in [1.54, 1.807) is 0 Å². The van der Waals surface area contributed by atoms with Crippen molar-refractivity contribution in [3.63, 3.8) is 0 Å². The first-order chi connectivity index (χ1) is 25.1. The molecule has 0 aliphatic heterocycles. The fraction of sp³-hybridized carbons (Fsp3) is 0.614. The first kappa shape index (κ1) is 48.5. The molecule has 0 aromatic rings. The molecule has 8 heteroatoms. The van der Waals surface area contributed by atoms with Crippen molar-refractivity contribution in [1.82, 2.24) is 0 Å². The SMILES string of the molecule is CC/C=C/C/C=C/C/C=C/C/C=C/C/C=C/C/C=C/CCCC(=O)OC(COCCC(C(=O)O)[N+](C)(C)C)COC(=O)CC/C=C/CCCCCC. The number of ether oxygens (including phenoxy) is 3. The molecule has 0 aromatic heterocycles. The summed E-state index contributed by atoms with van der Waals surface area (Å²) in [7, 11) is 5.47. The Balaban J connectivity index is 4.52. The number of unbranched alkanes of at least 4 members (excludes halogenated alkanes) is 5. The number of hydrogen-bond donors (Lipinski definition) is 1. The van der Waals surface area contributed by atoms with Gasteiger partial charge in [-0.25, -0.2) is 4.79 Å². The highest BCUT2D eigenvalue weighted by Crippen LogP contribution is 2.10. The van der Waals surface area contributed by atoms with Crippen molar-refractivity contribution in [3.8, 4) is 0 Å². The summed E-state index contributed by atoms with van der Waals surface area (Å²) in [4.78, 5) is 36.7. The molecule has 0 saturated carbocycles. The second kappa shape index (κ2) is 34.6.